The molecular formula is C25H24FN3O4. The minimum Gasteiger partial charge on any atom is -0.457 e. The SMILES string of the molecule is [C-]#[N+]c1c(F)ccc([C@@H]2CN3CCN(C(=O)Cc4ccc5c(c4)COC5=O)C[C@H]3CO2)c1C. The monoisotopic (exact) mass is 449 g/mol. The van der Waals surface area contributed by atoms with Crippen molar-refractivity contribution in [3.05, 3.63) is 75.4 Å². The zero-order valence-electron chi connectivity index (χ0n) is 18.3. The van der Waals surface area contributed by atoms with E-state index in [1.54, 1.807) is 19.1 Å². The van der Waals surface area contributed by atoms with Gasteiger partial charge in [-0.15, -0.1) is 0 Å². The van der Waals surface area contributed by atoms with Crippen LogP contribution in [0.1, 0.15) is 38.7 Å². The third kappa shape index (κ3) is 3.99. The highest BCUT2D eigenvalue weighted by Crippen LogP contribution is 2.34. The molecule has 2 aromatic carbocycles. The van der Waals surface area contributed by atoms with Crippen LogP contribution < -0.4 is 0 Å². The maximum atomic E-state index is 13.9. The van der Waals surface area contributed by atoms with Crippen LogP contribution in [0.5, 0.6) is 0 Å². The summed E-state index contributed by atoms with van der Waals surface area (Å²) in [6.45, 7) is 12.3. The fraction of sp³-hybridized carbons (Fsp3) is 0.400. The fourth-order valence-electron chi connectivity index (χ4n) is 4.95. The van der Waals surface area contributed by atoms with Gasteiger partial charge in [-0.2, -0.15) is 0 Å². The Labute approximate surface area is 191 Å². The summed E-state index contributed by atoms with van der Waals surface area (Å²) in [6, 6.07) is 8.58. The number of morpholine rings is 1. The molecule has 0 bridgehead atoms. The summed E-state index contributed by atoms with van der Waals surface area (Å²) < 4.78 is 25.0. The van der Waals surface area contributed by atoms with Gasteiger partial charge in [0.25, 0.3) is 0 Å². The lowest BCUT2D eigenvalue weighted by Gasteiger charge is -2.46. The summed E-state index contributed by atoms with van der Waals surface area (Å²) in [7, 11) is 0. The van der Waals surface area contributed by atoms with E-state index >= 15 is 0 Å². The molecule has 8 heteroatoms. The van der Waals surface area contributed by atoms with Crippen LogP contribution in [0.3, 0.4) is 0 Å². The Morgan fingerprint density at radius 3 is 2.91 bits per heavy atom. The van der Waals surface area contributed by atoms with E-state index in [4.69, 9.17) is 16.0 Å². The molecule has 0 N–H and O–H groups in total. The average molecular weight is 449 g/mol. The molecule has 0 aliphatic carbocycles. The summed E-state index contributed by atoms with van der Waals surface area (Å²) in [5.41, 5.74) is 3.81. The van der Waals surface area contributed by atoms with Crippen LogP contribution in [0.15, 0.2) is 30.3 Å². The van der Waals surface area contributed by atoms with Gasteiger partial charge in [0.2, 0.25) is 11.6 Å². The molecule has 3 aliphatic rings. The Morgan fingerprint density at radius 2 is 2.09 bits per heavy atom. The predicted octanol–water partition coefficient (Wildman–Crippen LogP) is 3.18. The van der Waals surface area contributed by atoms with Crippen molar-refractivity contribution in [3.63, 3.8) is 0 Å². The van der Waals surface area contributed by atoms with Gasteiger partial charge in [-0.05, 0) is 35.7 Å². The molecule has 0 radical (unpaired) electrons. The number of carbonyl (C=O) groups excluding carboxylic acids is 2. The predicted molar refractivity (Wildman–Crippen MR) is 117 cm³/mol. The van der Waals surface area contributed by atoms with Crippen LogP contribution in [0.2, 0.25) is 0 Å². The highest BCUT2D eigenvalue weighted by atomic mass is 19.1. The molecule has 2 atom stereocenters. The fourth-order valence-corrected chi connectivity index (χ4v) is 4.95. The van der Waals surface area contributed by atoms with Gasteiger partial charge in [-0.25, -0.2) is 14.0 Å². The molecule has 2 saturated heterocycles. The number of halogens is 1. The number of ether oxygens (including phenoxy) is 2. The Morgan fingerprint density at radius 1 is 1.24 bits per heavy atom. The molecule has 1 amide bonds. The molecule has 5 rings (SSSR count). The number of hydrogen-bond donors (Lipinski definition) is 0. The van der Waals surface area contributed by atoms with Gasteiger partial charge in [0.1, 0.15) is 12.4 Å². The van der Waals surface area contributed by atoms with E-state index < -0.39 is 5.82 Å². The third-order valence-electron chi connectivity index (χ3n) is 6.83. The van der Waals surface area contributed by atoms with E-state index in [2.05, 4.69) is 9.74 Å². The normalized spacial score (nSPS) is 22.3. The largest absolute Gasteiger partial charge is 0.457 e. The molecular weight excluding hydrogens is 425 g/mol. The molecule has 2 aromatic rings. The lowest BCUT2D eigenvalue weighted by Crippen LogP contribution is -2.59. The van der Waals surface area contributed by atoms with E-state index in [1.165, 1.54) is 6.07 Å². The Kier molecular flexibility index (Phi) is 5.60. The van der Waals surface area contributed by atoms with E-state index in [0.29, 0.717) is 37.4 Å². The summed E-state index contributed by atoms with van der Waals surface area (Å²) in [5, 5.41) is 0. The molecule has 0 aromatic heterocycles. The second-order valence-electron chi connectivity index (χ2n) is 8.78. The number of piperazine rings is 1. The van der Waals surface area contributed by atoms with Gasteiger partial charge >= 0.3 is 5.97 Å². The van der Waals surface area contributed by atoms with Crippen molar-refractivity contribution in [3.8, 4) is 0 Å². The van der Waals surface area contributed by atoms with E-state index in [-0.39, 0.29) is 42.7 Å². The number of cyclic esters (lactones) is 1. The first-order valence-electron chi connectivity index (χ1n) is 11.0. The van der Waals surface area contributed by atoms with Crippen molar-refractivity contribution in [2.75, 3.05) is 32.8 Å². The molecule has 170 valence electrons. The summed E-state index contributed by atoms with van der Waals surface area (Å²) in [6.07, 6.45) is 0.0622. The zero-order chi connectivity index (χ0) is 23.1. The zero-order valence-corrected chi connectivity index (χ0v) is 18.3. The first-order valence-corrected chi connectivity index (χ1v) is 11.0. The standard InChI is InChI=1S/C25H24FN3O4/c1-15-19(5-6-21(26)24(15)27-2)22-12-28-7-8-29(11-18(28)14-32-22)23(30)10-16-3-4-20-17(9-16)13-33-25(20)31/h3-6,9,18,22H,7-8,10-14H2,1H3/t18-,22-/m0/s1. The lowest BCUT2D eigenvalue weighted by molar-refractivity contribution is -0.139. The first kappa shape index (κ1) is 21.6. The minimum atomic E-state index is -0.505. The molecule has 3 heterocycles. The van der Waals surface area contributed by atoms with Crippen LogP contribution in [-0.4, -0.2) is 60.5 Å². The second-order valence-corrected chi connectivity index (χ2v) is 8.78. The number of nitrogens with zero attached hydrogens (tertiary/aromatic N) is 3. The quantitative estimate of drug-likeness (QED) is 0.532. The van der Waals surface area contributed by atoms with Gasteiger partial charge in [-0.3, -0.25) is 9.69 Å². The highest BCUT2D eigenvalue weighted by molar-refractivity contribution is 5.93. The van der Waals surface area contributed by atoms with Crippen LogP contribution >= 0.6 is 0 Å². The molecule has 7 nitrogen and oxygen atoms in total. The maximum Gasteiger partial charge on any atom is 0.338 e. The third-order valence-corrected chi connectivity index (χ3v) is 6.83. The first-order chi connectivity index (χ1) is 15.9. The van der Waals surface area contributed by atoms with Gasteiger partial charge in [-0.1, -0.05) is 18.2 Å². The van der Waals surface area contributed by atoms with E-state index in [0.717, 1.165) is 23.2 Å². The summed E-state index contributed by atoms with van der Waals surface area (Å²) >= 11 is 0. The van der Waals surface area contributed by atoms with Crippen molar-refractivity contribution >= 4 is 17.6 Å². The average Bonchev–Trinajstić information content (AvgIpc) is 3.18. The van der Waals surface area contributed by atoms with Crippen molar-refractivity contribution in [1.29, 1.82) is 0 Å². The van der Waals surface area contributed by atoms with Crippen LogP contribution in [-0.2, 0) is 27.3 Å². The van der Waals surface area contributed by atoms with Crippen LogP contribution in [0, 0.1) is 19.3 Å². The number of fused-ring (bicyclic) bond motifs is 2. The van der Waals surface area contributed by atoms with Gasteiger partial charge in [0.05, 0.1) is 37.3 Å². The molecule has 0 spiro atoms. The number of hydrogen-bond acceptors (Lipinski definition) is 5. The number of amides is 1. The summed E-state index contributed by atoms with van der Waals surface area (Å²) in [5.74, 6) is -0.761. The van der Waals surface area contributed by atoms with Crippen molar-refractivity contribution < 1.29 is 23.5 Å². The van der Waals surface area contributed by atoms with Crippen LogP contribution in [0.4, 0.5) is 10.1 Å². The number of rotatable bonds is 3. The highest BCUT2D eigenvalue weighted by Gasteiger charge is 2.36. The summed E-state index contributed by atoms with van der Waals surface area (Å²) in [4.78, 5) is 32.1. The van der Waals surface area contributed by atoms with Crippen molar-refractivity contribution in [2.45, 2.75) is 32.1 Å². The van der Waals surface area contributed by atoms with Crippen LogP contribution in [0.25, 0.3) is 4.85 Å². The minimum absolute atomic E-state index is 0.0520. The van der Waals surface area contributed by atoms with Gasteiger partial charge in [0.15, 0.2) is 0 Å². The smallest absolute Gasteiger partial charge is 0.338 e. The Bertz CT molecular complexity index is 1170. The number of carbonyl (C=O) groups is 2. The second kappa shape index (κ2) is 8.58. The topological polar surface area (TPSA) is 63.4 Å². The van der Waals surface area contributed by atoms with E-state index in [1.807, 2.05) is 17.0 Å². The number of esters is 1. The van der Waals surface area contributed by atoms with Gasteiger partial charge < -0.3 is 14.4 Å². The molecule has 3 aliphatic heterocycles. The Balaban J connectivity index is 1.21. The lowest BCUT2D eigenvalue weighted by atomic mass is 9.98. The van der Waals surface area contributed by atoms with Crippen molar-refractivity contribution in [1.82, 2.24) is 9.80 Å². The van der Waals surface area contributed by atoms with E-state index in [9.17, 15) is 14.0 Å². The maximum absolute atomic E-state index is 13.9. The Hall–Kier alpha value is -3.28. The molecule has 33 heavy (non-hydrogen) atoms. The van der Waals surface area contributed by atoms with Gasteiger partial charge in [0, 0.05) is 31.7 Å². The van der Waals surface area contributed by atoms with Crippen molar-refractivity contribution in [2.24, 2.45) is 0 Å². The molecule has 0 saturated carbocycles. The molecule has 0 unspecified atom stereocenters. The molecule has 2 fully saturated rings. The number of benzene rings is 2.